The molecule has 1 aliphatic heterocycles. The topological polar surface area (TPSA) is 60.9 Å². The van der Waals surface area contributed by atoms with Gasteiger partial charge in [-0.1, -0.05) is 40.7 Å². The number of nitrogens with zero attached hydrogens (tertiary/aromatic N) is 3. The van der Waals surface area contributed by atoms with Crippen LogP contribution in [0.2, 0.25) is 0 Å². The maximum atomic E-state index is 12.0. The van der Waals surface area contributed by atoms with Gasteiger partial charge < -0.3 is 14.6 Å². The Balaban J connectivity index is 0.000000521. The summed E-state index contributed by atoms with van der Waals surface area (Å²) in [4.78, 5) is 39.3. The lowest BCUT2D eigenvalue weighted by Crippen LogP contribution is -2.50. The van der Waals surface area contributed by atoms with Gasteiger partial charge >= 0.3 is 0 Å². The summed E-state index contributed by atoms with van der Waals surface area (Å²) < 4.78 is 0. The Morgan fingerprint density at radius 1 is 1.11 bits per heavy atom. The van der Waals surface area contributed by atoms with Gasteiger partial charge in [-0.3, -0.25) is 14.5 Å². The molecule has 1 atom stereocenters. The van der Waals surface area contributed by atoms with Crippen molar-refractivity contribution in [3.05, 3.63) is 12.2 Å². The van der Waals surface area contributed by atoms with E-state index in [9.17, 15) is 14.4 Å². The summed E-state index contributed by atoms with van der Waals surface area (Å²) in [5.74, 6) is 0.809. The average Bonchev–Trinajstić information content (AvgIpc) is 2.43. The van der Waals surface area contributed by atoms with E-state index < -0.39 is 0 Å². The van der Waals surface area contributed by atoms with E-state index in [2.05, 4.69) is 34.6 Å². The van der Waals surface area contributed by atoms with Crippen LogP contribution in [0.25, 0.3) is 0 Å². The summed E-state index contributed by atoms with van der Waals surface area (Å²) >= 11 is 0. The summed E-state index contributed by atoms with van der Waals surface area (Å²) in [5.41, 5.74) is 0.0975. The molecular weight excluding hydrogens is 354 g/mol. The standard InChI is InChI=1S/C12H25NO.C10H16N2O2/c1-9(2)11(13(6)7)10(14)8-12(3,4)5;1-11(2)5-3-4-10(14)12-6-9(7-12)8-13/h9,11H,8H2,1-7H3;3-4,8-9H,5-7H2,1-2H3/b;4-3+. The van der Waals surface area contributed by atoms with Crippen molar-refractivity contribution >= 4 is 18.0 Å². The molecule has 6 heteroatoms. The second kappa shape index (κ2) is 12.1. The largest absolute Gasteiger partial charge is 0.338 e. The number of likely N-dealkylation sites (N-methyl/N-ethyl adjacent to an activating group) is 2. The van der Waals surface area contributed by atoms with Crippen LogP contribution in [-0.4, -0.2) is 86.5 Å². The van der Waals surface area contributed by atoms with E-state index >= 15 is 0 Å². The first kappa shape index (κ1) is 26.5. The van der Waals surface area contributed by atoms with Crippen LogP contribution >= 0.6 is 0 Å². The van der Waals surface area contributed by atoms with E-state index in [-0.39, 0.29) is 23.3 Å². The van der Waals surface area contributed by atoms with Crippen molar-refractivity contribution in [2.75, 3.05) is 47.8 Å². The smallest absolute Gasteiger partial charge is 0.246 e. The Morgan fingerprint density at radius 3 is 2.00 bits per heavy atom. The summed E-state index contributed by atoms with van der Waals surface area (Å²) in [6.45, 7) is 12.4. The van der Waals surface area contributed by atoms with Crippen LogP contribution in [0.3, 0.4) is 0 Å². The number of hydrogen-bond acceptors (Lipinski definition) is 5. The molecule has 0 spiro atoms. The van der Waals surface area contributed by atoms with Crippen LogP contribution in [0.15, 0.2) is 12.2 Å². The summed E-state index contributed by atoms with van der Waals surface area (Å²) in [6.07, 6.45) is 4.97. The molecule has 0 radical (unpaired) electrons. The predicted molar refractivity (Wildman–Crippen MR) is 115 cm³/mol. The Morgan fingerprint density at radius 2 is 1.64 bits per heavy atom. The highest BCUT2D eigenvalue weighted by atomic mass is 16.2. The first-order valence-corrected chi connectivity index (χ1v) is 10.0. The minimum atomic E-state index is 0.00458. The zero-order valence-corrected chi connectivity index (χ0v) is 19.4. The van der Waals surface area contributed by atoms with Gasteiger partial charge in [0.15, 0.2) is 5.78 Å². The second-order valence-electron chi connectivity index (χ2n) is 9.66. The van der Waals surface area contributed by atoms with Gasteiger partial charge in [0.05, 0.1) is 6.04 Å². The second-order valence-corrected chi connectivity index (χ2v) is 9.66. The van der Waals surface area contributed by atoms with Crippen LogP contribution in [0.1, 0.15) is 41.0 Å². The number of ketones is 1. The molecule has 1 aliphatic rings. The molecule has 0 aliphatic carbocycles. The van der Waals surface area contributed by atoms with Gasteiger partial charge in [-0.05, 0) is 39.5 Å². The number of carbonyl (C=O) groups excluding carboxylic acids is 3. The summed E-state index contributed by atoms with van der Waals surface area (Å²) in [7, 11) is 7.85. The monoisotopic (exact) mass is 395 g/mol. The summed E-state index contributed by atoms with van der Waals surface area (Å²) in [5, 5.41) is 0. The van der Waals surface area contributed by atoms with E-state index in [0.717, 1.165) is 12.8 Å². The molecule has 1 saturated heterocycles. The van der Waals surface area contributed by atoms with Crippen LogP contribution in [0.5, 0.6) is 0 Å². The fourth-order valence-electron chi connectivity index (χ4n) is 3.13. The zero-order valence-electron chi connectivity index (χ0n) is 19.4. The van der Waals surface area contributed by atoms with Crippen LogP contribution in [-0.2, 0) is 14.4 Å². The van der Waals surface area contributed by atoms with Gasteiger partial charge in [-0.15, -0.1) is 0 Å². The Labute approximate surface area is 171 Å². The molecule has 0 bridgehead atoms. The first-order chi connectivity index (χ1) is 12.8. The van der Waals surface area contributed by atoms with Crippen LogP contribution in [0.4, 0.5) is 0 Å². The number of carbonyl (C=O) groups is 3. The lowest BCUT2D eigenvalue weighted by atomic mass is 9.85. The first-order valence-electron chi connectivity index (χ1n) is 10.0. The average molecular weight is 396 g/mol. The lowest BCUT2D eigenvalue weighted by molar-refractivity contribution is -0.134. The van der Waals surface area contributed by atoms with Crippen molar-refractivity contribution in [1.29, 1.82) is 0 Å². The molecule has 1 heterocycles. The molecule has 0 aromatic rings. The molecule has 1 amide bonds. The zero-order chi connectivity index (χ0) is 22.1. The molecule has 1 unspecified atom stereocenters. The van der Waals surface area contributed by atoms with E-state index in [1.807, 2.05) is 44.1 Å². The van der Waals surface area contributed by atoms with Gasteiger partial charge in [-0.25, -0.2) is 0 Å². The fraction of sp³-hybridized carbons (Fsp3) is 0.773. The van der Waals surface area contributed by atoms with Crippen LogP contribution in [0, 0.1) is 17.3 Å². The van der Waals surface area contributed by atoms with Crippen molar-refractivity contribution < 1.29 is 14.4 Å². The van der Waals surface area contributed by atoms with E-state index in [1.54, 1.807) is 11.0 Å². The highest BCUT2D eigenvalue weighted by Crippen LogP contribution is 2.22. The van der Waals surface area contributed by atoms with Gasteiger partial charge in [0.1, 0.15) is 6.29 Å². The predicted octanol–water partition coefficient (Wildman–Crippen LogP) is 2.34. The SMILES string of the molecule is CC(C)C(C(=O)CC(C)(C)C)N(C)C.CN(C)C/C=C/C(=O)N1CC(C=O)C1. The van der Waals surface area contributed by atoms with Gasteiger partial charge in [-0.2, -0.15) is 0 Å². The maximum Gasteiger partial charge on any atom is 0.246 e. The summed E-state index contributed by atoms with van der Waals surface area (Å²) in [6, 6.07) is 0.0641. The third kappa shape index (κ3) is 10.7. The number of Topliss-reactive ketones (excluding diaryl/α,β-unsaturated/α-hetero) is 1. The minimum Gasteiger partial charge on any atom is -0.338 e. The fourth-order valence-corrected chi connectivity index (χ4v) is 3.13. The van der Waals surface area contributed by atoms with Crippen molar-refractivity contribution in [2.24, 2.45) is 17.3 Å². The van der Waals surface area contributed by atoms with Gasteiger partial charge in [0.2, 0.25) is 5.91 Å². The van der Waals surface area contributed by atoms with Crippen molar-refractivity contribution in [2.45, 2.75) is 47.1 Å². The molecule has 0 aromatic heterocycles. The molecule has 6 nitrogen and oxygen atoms in total. The Hall–Kier alpha value is -1.53. The van der Waals surface area contributed by atoms with E-state index in [1.165, 1.54) is 0 Å². The molecule has 1 rings (SSSR count). The van der Waals surface area contributed by atoms with Crippen molar-refractivity contribution in [3.8, 4) is 0 Å². The highest BCUT2D eigenvalue weighted by Gasteiger charge is 2.29. The molecule has 1 fully saturated rings. The highest BCUT2D eigenvalue weighted by molar-refractivity contribution is 5.89. The lowest BCUT2D eigenvalue weighted by Gasteiger charge is -2.35. The van der Waals surface area contributed by atoms with Crippen molar-refractivity contribution in [3.63, 3.8) is 0 Å². The van der Waals surface area contributed by atoms with Crippen molar-refractivity contribution in [1.82, 2.24) is 14.7 Å². The van der Waals surface area contributed by atoms with E-state index in [0.29, 0.717) is 31.2 Å². The quantitative estimate of drug-likeness (QED) is 0.466. The normalized spacial score (nSPS) is 16.2. The minimum absolute atomic E-state index is 0.00458. The molecule has 28 heavy (non-hydrogen) atoms. The van der Waals surface area contributed by atoms with Gasteiger partial charge in [0.25, 0.3) is 0 Å². The third-order valence-electron chi connectivity index (χ3n) is 4.37. The number of rotatable bonds is 8. The van der Waals surface area contributed by atoms with Gasteiger partial charge in [0, 0.05) is 38.0 Å². The molecular formula is C22H41N3O3. The maximum absolute atomic E-state index is 12.0. The number of aldehydes is 1. The Kier molecular flexibility index (Phi) is 11.5. The van der Waals surface area contributed by atoms with E-state index in [4.69, 9.17) is 0 Å². The molecule has 0 N–H and O–H groups in total. The Bertz CT molecular complexity index is 520. The number of amides is 1. The molecule has 162 valence electrons. The third-order valence-corrected chi connectivity index (χ3v) is 4.37. The van der Waals surface area contributed by atoms with Crippen LogP contribution < -0.4 is 0 Å². The number of hydrogen-bond donors (Lipinski definition) is 0. The molecule has 0 saturated carbocycles. The number of likely N-dealkylation sites (tertiary alicyclic amines) is 1. The molecule has 0 aromatic carbocycles.